The van der Waals surface area contributed by atoms with Gasteiger partial charge in [-0.15, -0.1) is 4.73 Å². The maximum absolute atomic E-state index is 12.4. The van der Waals surface area contributed by atoms with E-state index in [1.807, 2.05) is 5.32 Å². The number of ether oxygens (including phenoxy) is 1. The number of carbonyl (C=O) groups excluding carboxylic acids is 3. The summed E-state index contributed by atoms with van der Waals surface area (Å²) in [7, 11) is 0. The molecule has 1 heterocycles. The van der Waals surface area contributed by atoms with Crippen LogP contribution in [-0.2, 0) is 20.9 Å². The van der Waals surface area contributed by atoms with E-state index in [-0.39, 0.29) is 11.3 Å². The average molecular weight is 431 g/mol. The number of rotatable bonds is 7. The summed E-state index contributed by atoms with van der Waals surface area (Å²) in [6.45, 7) is -1.22. The molecule has 0 saturated heterocycles. The minimum Gasteiger partial charge on any atom is -0.492 e. The molecule has 0 saturated carbocycles. The predicted octanol–water partition coefficient (Wildman–Crippen LogP) is 0.828. The second kappa shape index (κ2) is 9.54. The van der Waals surface area contributed by atoms with Crippen LogP contribution in [0.15, 0.2) is 42.5 Å². The molecule has 2 amide bonds. The molecule has 0 radical (unpaired) electrons. The third-order valence-corrected chi connectivity index (χ3v) is 3.49. The molecule has 30 heavy (non-hydrogen) atoms. The van der Waals surface area contributed by atoms with Crippen molar-refractivity contribution in [3.8, 4) is 11.8 Å². The van der Waals surface area contributed by atoms with E-state index in [4.69, 9.17) is 4.74 Å². The Bertz CT molecular complexity index is 880. The summed E-state index contributed by atoms with van der Waals surface area (Å²) in [5, 5.41) is 22.3. The van der Waals surface area contributed by atoms with Crippen molar-refractivity contribution >= 4 is 18.0 Å². The number of nitrogens with zero attached hydrogens (tertiary/aromatic N) is 1. The van der Waals surface area contributed by atoms with Gasteiger partial charge in [0.1, 0.15) is 12.6 Å². The van der Waals surface area contributed by atoms with Gasteiger partial charge in [-0.2, -0.15) is 13.2 Å². The molecular weight excluding hydrogens is 415 g/mol. The molecule has 1 aromatic heterocycles. The van der Waals surface area contributed by atoms with Gasteiger partial charge in [0.15, 0.2) is 0 Å². The van der Waals surface area contributed by atoms with E-state index in [2.05, 4.69) is 4.84 Å². The number of carbonyl (C=O) groups is 3. The van der Waals surface area contributed by atoms with E-state index in [9.17, 15) is 37.8 Å². The fourth-order valence-corrected chi connectivity index (χ4v) is 2.04. The van der Waals surface area contributed by atoms with Gasteiger partial charge in [-0.25, -0.2) is 9.59 Å². The third-order valence-electron chi connectivity index (χ3n) is 3.49. The van der Waals surface area contributed by atoms with E-state index in [1.165, 1.54) is 5.32 Å². The molecule has 0 aliphatic carbocycles. The maximum Gasteiger partial charge on any atom is 0.471 e. The van der Waals surface area contributed by atoms with Crippen LogP contribution in [0, 0.1) is 0 Å². The van der Waals surface area contributed by atoms with Crippen molar-refractivity contribution in [1.82, 2.24) is 15.4 Å². The predicted molar refractivity (Wildman–Crippen MR) is 92.0 cm³/mol. The highest BCUT2D eigenvalue weighted by Crippen LogP contribution is 2.19. The van der Waals surface area contributed by atoms with Crippen molar-refractivity contribution in [2.24, 2.45) is 0 Å². The highest BCUT2D eigenvalue weighted by Gasteiger charge is 2.39. The lowest BCUT2D eigenvalue weighted by Crippen LogP contribution is -2.52. The fourth-order valence-electron chi connectivity index (χ4n) is 2.04. The van der Waals surface area contributed by atoms with Crippen molar-refractivity contribution in [2.45, 2.75) is 18.8 Å². The first-order chi connectivity index (χ1) is 14.1. The van der Waals surface area contributed by atoms with Crippen molar-refractivity contribution in [3.63, 3.8) is 0 Å². The highest BCUT2D eigenvalue weighted by atomic mass is 19.4. The number of halogens is 3. The number of hydrogen-bond acceptors (Lipinski definition) is 7. The minimum absolute atomic E-state index is 0.206. The summed E-state index contributed by atoms with van der Waals surface area (Å²) in [6.07, 6.45) is -6.41. The van der Waals surface area contributed by atoms with Gasteiger partial charge < -0.3 is 30.4 Å². The molecule has 0 aliphatic heterocycles. The van der Waals surface area contributed by atoms with E-state index in [0.29, 0.717) is 5.56 Å². The van der Waals surface area contributed by atoms with Crippen LogP contribution in [0.25, 0.3) is 0 Å². The lowest BCUT2D eigenvalue weighted by molar-refractivity contribution is -0.173. The van der Waals surface area contributed by atoms with Crippen LogP contribution in [0.4, 0.5) is 18.0 Å². The molecule has 0 fully saturated rings. The van der Waals surface area contributed by atoms with Crippen molar-refractivity contribution in [3.05, 3.63) is 48.0 Å². The molecule has 13 heteroatoms. The third kappa shape index (κ3) is 6.32. The van der Waals surface area contributed by atoms with Gasteiger partial charge in [0.25, 0.3) is 0 Å². The molecule has 1 aromatic carbocycles. The van der Waals surface area contributed by atoms with Gasteiger partial charge in [-0.05, 0) is 5.56 Å². The van der Waals surface area contributed by atoms with E-state index in [1.54, 1.807) is 30.3 Å². The molecule has 2 rings (SSSR count). The zero-order chi connectivity index (χ0) is 22.3. The van der Waals surface area contributed by atoms with E-state index >= 15 is 0 Å². The molecule has 0 spiro atoms. The fraction of sp³-hybridized carbons (Fsp3) is 0.235. The summed E-state index contributed by atoms with van der Waals surface area (Å²) in [6, 6.07) is 8.44. The highest BCUT2D eigenvalue weighted by molar-refractivity contribution is 5.85. The number of aromatic nitrogens is 1. The minimum atomic E-state index is -5.22. The van der Waals surface area contributed by atoms with Crippen LogP contribution in [0.2, 0.25) is 0 Å². The SMILES string of the molecule is O=C(N[C@@H](CNC(=O)C(F)(F)F)C(=O)On1c(O)ccc1O)OCc1ccccc1. The quantitative estimate of drug-likeness (QED) is 0.509. The number of alkyl carbamates (subject to hydrolysis) is 1. The number of hydrogen-bond donors (Lipinski definition) is 4. The Morgan fingerprint density at radius 2 is 1.63 bits per heavy atom. The summed E-state index contributed by atoms with van der Waals surface area (Å²) in [4.78, 5) is 39.8. The Hall–Kier alpha value is -3.90. The molecule has 0 aliphatic rings. The monoisotopic (exact) mass is 431 g/mol. The lowest BCUT2D eigenvalue weighted by Gasteiger charge is -2.18. The van der Waals surface area contributed by atoms with Crippen molar-refractivity contribution in [2.75, 3.05) is 6.54 Å². The van der Waals surface area contributed by atoms with Gasteiger partial charge in [0.2, 0.25) is 11.8 Å². The van der Waals surface area contributed by atoms with E-state index in [0.717, 1.165) is 12.1 Å². The zero-order valence-electron chi connectivity index (χ0n) is 15.0. The normalized spacial score (nSPS) is 12.0. The van der Waals surface area contributed by atoms with Crippen LogP contribution in [0.1, 0.15) is 5.56 Å². The summed E-state index contributed by atoms with van der Waals surface area (Å²) < 4.78 is 42.2. The first-order valence-corrected chi connectivity index (χ1v) is 8.22. The van der Waals surface area contributed by atoms with E-state index < -0.39 is 48.5 Å². The Morgan fingerprint density at radius 3 is 2.20 bits per heavy atom. The zero-order valence-corrected chi connectivity index (χ0v) is 15.0. The molecule has 1 atom stereocenters. The van der Waals surface area contributed by atoms with Gasteiger partial charge in [-0.3, -0.25) is 4.79 Å². The van der Waals surface area contributed by atoms with Crippen LogP contribution in [-0.4, -0.2) is 51.7 Å². The Morgan fingerprint density at radius 1 is 1.03 bits per heavy atom. The Balaban J connectivity index is 2.04. The molecule has 0 unspecified atom stereocenters. The number of aromatic hydroxyl groups is 2. The first-order valence-electron chi connectivity index (χ1n) is 8.22. The number of amides is 2. The Labute approximate surface area is 166 Å². The average Bonchev–Trinajstić information content (AvgIpc) is 3.01. The van der Waals surface area contributed by atoms with Gasteiger partial charge >= 0.3 is 24.1 Å². The van der Waals surface area contributed by atoms with Crippen LogP contribution < -0.4 is 15.5 Å². The van der Waals surface area contributed by atoms with Crippen LogP contribution in [0.5, 0.6) is 11.8 Å². The first kappa shape index (κ1) is 22.4. The summed E-state index contributed by atoms with van der Waals surface area (Å²) in [5.74, 6) is -5.17. The van der Waals surface area contributed by atoms with Gasteiger partial charge in [-0.1, -0.05) is 30.3 Å². The molecule has 162 valence electrons. The van der Waals surface area contributed by atoms with Crippen LogP contribution >= 0.6 is 0 Å². The number of nitrogens with one attached hydrogen (secondary N) is 2. The smallest absolute Gasteiger partial charge is 0.471 e. The Kier molecular flexibility index (Phi) is 7.12. The molecule has 0 bridgehead atoms. The topological polar surface area (TPSA) is 139 Å². The maximum atomic E-state index is 12.4. The number of benzene rings is 1. The van der Waals surface area contributed by atoms with Gasteiger partial charge in [0.05, 0.1) is 0 Å². The van der Waals surface area contributed by atoms with Crippen molar-refractivity contribution in [1.29, 1.82) is 0 Å². The van der Waals surface area contributed by atoms with Crippen molar-refractivity contribution < 1.29 is 47.3 Å². The standard InChI is InChI=1S/C17H16F3N3O7/c18-17(19,20)15(27)21-8-11(14(26)30-23-12(24)6-7-13(23)25)22-16(28)29-9-10-4-2-1-3-5-10/h1-7,11,24-25H,8-9H2,(H,21,27)(H,22,28)/t11-/m0/s1. The summed E-state index contributed by atoms with van der Waals surface area (Å²) >= 11 is 0. The second-order valence-corrected chi connectivity index (χ2v) is 5.72. The second-order valence-electron chi connectivity index (χ2n) is 5.72. The van der Waals surface area contributed by atoms with Crippen LogP contribution in [0.3, 0.4) is 0 Å². The lowest BCUT2D eigenvalue weighted by atomic mass is 10.2. The largest absolute Gasteiger partial charge is 0.492 e. The molecule has 10 nitrogen and oxygen atoms in total. The molecular formula is C17H16F3N3O7. The molecule has 2 aromatic rings. The van der Waals surface area contributed by atoms with Gasteiger partial charge in [0, 0.05) is 18.7 Å². The molecule has 4 N–H and O–H groups in total. The summed E-state index contributed by atoms with van der Waals surface area (Å²) in [5.41, 5.74) is 0.597. The number of alkyl halides is 3.